The molecule has 1 unspecified atom stereocenters. The van der Waals surface area contributed by atoms with E-state index in [0.29, 0.717) is 4.48 Å². The Morgan fingerprint density at radius 1 is 1.38 bits per heavy atom. The smallest absolute Gasteiger partial charge is 0.347 e. The molecule has 0 spiro atoms. The Bertz CT molecular complexity index is 307. The second-order valence-corrected chi connectivity index (χ2v) is 6.01. The van der Waals surface area contributed by atoms with Gasteiger partial charge in [-0.1, -0.05) is 12.2 Å². The number of carbonyl (C=O) groups is 1. The van der Waals surface area contributed by atoms with Gasteiger partial charge in [-0.2, -0.15) is 0 Å². The fourth-order valence-electron chi connectivity index (χ4n) is 1.42. The Morgan fingerprint density at radius 2 is 2.06 bits per heavy atom. The minimum Gasteiger partial charge on any atom is -0.458 e. The topological polar surface area (TPSA) is 26.3 Å². The zero-order valence-corrected chi connectivity index (χ0v) is 12.6. The molecule has 0 bridgehead atoms. The number of hydrogen-bond donors (Lipinski definition) is 0. The molecule has 0 aromatic carbocycles. The lowest BCUT2D eigenvalue weighted by atomic mass is 10.1. The second-order valence-electron chi connectivity index (χ2n) is 3.32. The van der Waals surface area contributed by atoms with Gasteiger partial charge in [-0.15, -0.1) is 23.5 Å². The van der Waals surface area contributed by atoms with Crippen molar-refractivity contribution in [3.8, 4) is 0 Å². The molecule has 1 atom stereocenters. The van der Waals surface area contributed by atoms with Gasteiger partial charge in [-0.25, -0.2) is 4.79 Å². The summed E-state index contributed by atoms with van der Waals surface area (Å²) in [7, 11) is 0. The molecule has 90 valence electrons. The number of hydrogen-bond acceptors (Lipinski definition) is 4. The summed E-state index contributed by atoms with van der Waals surface area (Å²) in [6, 6.07) is 0. The molecule has 0 aromatic heterocycles. The molecule has 0 aromatic rings. The van der Waals surface area contributed by atoms with Crippen molar-refractivity contribution in [3.05, 3.63) is 20.9 Å². The number of carbonyl (C=O) groups excluding carboxylic acids is 1. The van der Waals surface area contributed by atoms with Crippen LogP contribution in [0.3, 0.4) is 0 Å². The molecule has 0 aliphatic heterocycles. The molecule has 0 N–H and O–H groups in total. The van der Waals surface area contributed by atoms with Crippen LogP contribution in [0.5, 0.6) is 0 Å². The largest absolute Gasteiger partial charge is 0.458 e. The van der Waals surface area contributed by atoms with E-state index in [1.165, 1.54) is 0 Å². The van der Waals surface area contributed by atoms with Gasteiger partial charge in [0.05, 0.1) is 4.24 Å². The van der Waals surface area contributed by atoms with E-state index in [9.17, 15) is 4.79 Å². The van der Waals surface area contributed by atoms with E-state index in [0.717, 1.165) is 23.5 Å². The van der Waals surface area contributed by atoms with E-state index in [1.54, 1.807) is 23.5 Å². The Labute approximate surface area is 113 Å². The normalized spacial score (nSPS) is 19.3. The van der Waals surface area contributed by atoms with Crippen LogP contribution < -0.4 is 0 Å². The number of ether oxygens (including phenoxy) is 1. The summed E-state index contributed by atoms with van der Waals surface area (Å²) in [6.07, 6.45) is 10.9. The van der Waals surface area contributed by atoms with Gasteiger partial charge in [0.2, 0.25) is 0 Å². The van der Waals surface area contributed by atoms with Crippen LogP contribution in [0.1, 0.15) is 19.3 Å². The third-order valence-corrected chi connectivity index (χ3v) is 5.62. The van der Waals surface area contributed by atoms with Gasteiger partial charge in [0.1, 0.15) is 10.6 Å². The lowest BCUT2D eigenvalue weighted by Gasteiger charge is -2.18. The van der Waals surface area contributed by atoms with Crippen LogP contribution in [0.4, 0.5) is 0 Å². The van der Waals surface area contributed by atoms with Gasteiger partial charge >= 0.3 is 5.97 Å². The summed E-state index contributed by atoms with van der Waals surface area (Å²) in [6.45, 7) is 0. The molecule has 0 radical (unpaired) electrons. The first-order valence-corrected chi connectivity index (χ1v) is 8.27. The van der Waals surface area contributed by atoms with Crippen LogP contribution in [0, 0.1) is 0 Å². The van der Waals surface area contributed by atoms with Gasteiger partial charge in [0.15, 0.2) is 0 Å². The van der Waals surface area contributed by atoms with Crippen LogP contribution >= 0.6 is 39.5 Å². The zero-order valence-electron chi connectivity index (χ0n) is 9.36. The molecule has 0 heterocycles. The van der Waals surface area contributed by atoms with Crippen LogP contribution in [-0.4, -0.2) is 24.6 Å². The monoisotopic (exact) mass is 322 g/mol. The summed E-state index contributed by atoms with van der Waals surface area (Å²) >= 11 is 6.40. The average Bonchev–Trinajstić information content (AvgIpc) is 2.31. The summed E-state index contributed by atoms with van der Waals surface area (Å²) in [4.78, 5) is 11.8. The van der Waals surface area contributed by atoms with Gasteiger partial charge in [0, 0.05) is 6.42 Å². The number of halogens is 1. The quantitative estimate of drug-likeness (QED) is 0.445. The maximum Gasteiger partial charge on any atom is 0.347 e. The van der Waals surface area contributed by atoms with Crippen molar-refractivity contribution < 1.29 is 9.53 Å². The Morgan fingerprint density at radius 3 is 2.56 bits per heavy atom. The van der Waals surface area contributed by atoms with Crippen molar-refractivity contribution in [2.75, 3.05) is 12.5 Å². The molecule has 0 saturated carbocycles. The van der Waals surface area contributed by atoms with Gasteiger partial charge < -0.3 is 4.74 Å². The van der Waals surface area contributed by atoms with Crippen molar-refractivity contribution in [3.63, 3.8) is 0 Å². The van der Waals surface area contributed by atoms with Crippen LogP contribution in [-0.2, 0) is 9.53 Å². The summed E-state index contributed by atoms with van der Waals surface area (Å²) in [5, 5.41) is 0. The van der Waals surface area contributed by atoms with Gasteiger partial charge in [0.25, 0.3) is 0 Å². The highest BCUT2D eigenvalue weighted by atomic mass is 79.9. The first-order valence-electron chi connectivity index (χ1n) is 5.02. The molecule has 1 rings (SSSR count). The van der Waals surface area contributed by atoms with Crippen LogP contribution in [0.15, 0.2) is 20.9 Å². The van der Waals surface area contributed by atoms with Gasteiger partial charge in [-0.05, 0) is 41.3 Å². The Balaban J connectivity index is 2.57. The fourth-order valence-corrected chi connectivity index (χ4v) is 3.68. The Hall–Kier alpha value is 0.130. The second kappa shape index (κ2) is 7.45. The van der Waals surface area contributed by atoms with E-state index < -0.39 is 0 Å². The molecule has 0 saturated heterocycles. The third-order valence-electron chi connectivity index (χ3n) is 2.22. The maximum absolute atomic E-state index is 11.8. The standard InChI is InChI=1S/C11H15BrO2S2/c1-15-11(16-2)9(12)10(13)14-8-6-4-3-5-7-8/h3-4,8H,5-7H2,1-2H3. The average molecular weight is 323 g/mol. The fraction of sp³-hybridized carbons (Fsp3) is 0.545. The number of rotatable bonds is 4. The zero-order chi connectivity index (χ0) is 12.0. The third kappa shape index (κ3) is 4.18. The minimum absolute atomic E-state index is 0.0370. The maximum atomic E-state index is 11.8. The van der Waals surface area contributed by atoms with Crippen molar-refractivity contribution in [2.45, 2.75) is 25.4 Å². The van der Waals surface area contributed by atoms with Gasteiger partial charge in [-0.3, -0.25) is 0 Å². The molecule has 16 heavy (non-hydrogen) atoms. The molecular weight excluding hydrogens is 308 g/mol. The minimum atomic E-state index is -0.251. The summed E-state index contributed by atoms with van der Waals surface area (Å²) in [5.41, 5.74) is 0. The molecule has 0 amide bonds. The van der Waals surface area contributed by atoms with E-state index in [-0.39, 0.29) is 12.1 Å². The summed E-state index contributed by atoms with van der Waals surface area (Å²) in [5.74, 6) is -0.251. The number of allylic oxidation sites excluding steroid dienone is 1. The predicted octanol–water partition coefficient (Wildman–Crippen LogP) is 3.93. The first-order chi connectivity index (χ1) is 7.69. The van der Waals surface area contributed by atoms with E-state index in [1.807, 2.05) is 12.5 Å². The van der Waals surface area contributed by atoms with E-state index in [2.05, 4.69) is 28.1 Å². The molecular formula is C11H15BrO2S2. The van der Waals surface area contributed by atoms with E-state index in [4.69, 9.17) is 4.74 Å². The SMILES string of the molecule is CSC(SC)=C(Br)C(=O)OC1CC=CCC1. The highest BCUT2D eigenvalue weighted by Gasteiger charge is 2.19. The first kappa shape index (κ1) is 14.2. The molecule has 1 aliphatic rings. The van der Waals surface area contributed by atoms with Crippen molar-refractivity contribution in [1.82, 2.24) is 0 Å². The highest BCUT2D eigenvalue weighted by Crippen LogP contribution is 2.31. The van der Waals surface area contributed by atoms with Crippen LogP contribution in [0.2, 0.25) is 0 Å². The van der Waals surface area contributed by atoms with Crippen LogP contribution in [0.25, 0.3) is 0 Å². The predicted molar refractivity (Wildman–Crippen MR) is 75.9 cm³/mol. The lowest BCUT2D eigenvalue weighted by Crippen LogP contribution is -2.19. The van der Waals surface area contributed by atoms with E-state index >= 15 is 0 Å². The lowest BCUT2D eigenvalue weighted by molar-refractivity contribution is -0.143. The number of esters is 1. The Kier molecular flexibility index (Phi) is 6.61. The molecule has 0 fully saturated rings. The highest BCUT2D eigenvalue weighted by molar-refractivity contribution is 9.12. The summed E-state index contributed by atoms with van der Waals surface area (Å²) < 4.78 is 6.91. The van der Waals surface area contributed by atoms with Crippen molar-refractivity contribution >= 4 is 45.4 Å². The number of thioether (sulfide) groups is 2. The molecule has 5 heteroatoms. The van der Waals surface area contributed by atoms with Crippen molar-refractivity contribution in [2.24, 2.45) is 0 Å². The van der Waals surface area contributed by atoms with Crippen molar-refractivity contribution in [1.29, 1.82) is 0 Å². The molecule has 2 nitrogen and oxygen atoms in total. The molecule has 1 aliphatic carbocycles.